The van der Waals surface area contributed by atoms with E-state index in [1.807, 2.05) is 61.5 Å². The third-order valence-electron chi connectivity index (χ3n) is 4.70. The predicted molar refractivity (Wildman–Crippen MR) is 109 cm³/mol. The van der Waals surface area contributed by atoms with Gasteiger partial charge in [0, 0.05) is 30.1 Å². The van der Waals surface area contributed by atoms with E-state index in [0.29, 0.717) is 25.9 Å². The smallest absolute Gasteiger partial charge is 0.236 e. The SMILES string of the molecule is Cc1cccc(NC(=O)C2CCN(S(=O)(=O)/C=C/c3ccccc3)CC2)c1. The van der Waals surface area contributed by atoms with Crippen molar-refractivity contribution in [2.45, 2.75) is 19.8 Å². The van der Waals surface area contributed by atoms with Crippen LogP contribution in [0.2, 0.25) is 0 Å². The average Bonchev–Trinajstić information content (AvgIpc) is 2.67. The first-order valence-electron chi connectivity index (χ1n) is 9.05. The Morgan fingerprint density at radius 1 is 1.07 bits per heavy atom. The van der Waals surface area contributed by atoms with Crippen molar-refractivity contribution in [2.24, 2.45) is 5.92 Å². The van der Waals surface area contributed by atoms with Crippen LogP contribution >= 0.6 is 0 Å². The normalized spacial score (nSPS) is 16.5. The number of nitrogens with zero attached hydrogens (tertiary/aromatic N) is 1. The maximum atomic E-state index is 12.5. The molecule has 1 aliphatic rings. The number of hydrogen-bond acceptors (Lipinski definition) is 3. The molecule has 0 bridgehead atoms. The highest BCUT2D eigenvalue weighted by Crippen LogP contribution is 2.22. The standard InChI is InChI=1S/C21H24N2O3S/c1-17-6-5-9-20(16-17)22-21(24)19-10-13-23(14-11-19)27(25,26)15-12-18-7-3-2-4-8-18/h2-9,12,15-16,19H,10-11,13-14H2,1H3,(H,22,24)/b15-12+. The Morgan fingerprint density at radius 2 is 1.78 bits per heavy atom. The molecule has 0 saturated carbocycles. The summed E-state index contributed by atoms with van der Waals surface area (Å²) < 4.78 is 26.5. The molecule has 3 rings (SSSR count). The van der Waals surface area contributed by atoms with Gasteiger partial charge in [0.1, 0.15) is 0 Å². The van der Waals surface area contributed by atoms with Crippen molar-refractivity contribution in [3.05, 3.63) is 71.1 Å². The lowest BCUT2D eigenvalue weighted by atomic mass is 9.97. The topological polar surface area (TPSA) is 66.5 Å². The summed E-state index contributed by atoms with van der Waals surface area (Å²) in [7, 11) is -3.47. The van der Waals surface area contributed by atoms with Crippen LogP contribution in [0.4, 0.5) is 5.69 Å². The highest BCUT2D eigenvalue weighted by molar-refractivity contribution is 7.92. The number of nitrogens with one attached hydrogen (secondary N) is 1. The summed E-state index contributed by atoms with van der Waals surface area (Å²) in [6.07, 6.45) is 2.65. The number of anilines is 1. The van der Waals surface area contributed by atoms with Crippen LogP contribution in [0.25, 0.3) is 6.08 Å². The number of hydrogen-bond donors (Lipinski definition) is 1. The fourth-order valence-electron chi connectivity index (χ4n) is 3.15. The molecule has 1 aliphatic heterocycles. The van der Waals surface area contributed by atoms with Gasteiger partial charge in [0.15, 0.2) is 0 Å². The third-order valence-corrected chi connectivity index (χ3v) is 6.27. The fraction of sp³-hybridized carbons (Fsp3) is 0.286. The fourth-order valence-corrected chi connectivity index (χ4v) is 4.38. The molecule has 0 aromatic heterocycles. The number of sulfonamides is 1. The summed E-state index contributed by atoms with van der Waals surface area (Å²) in [5.74, 6) is -0.215. The Morgan fingerprint density at radius 3 is 2.44 bits per heavy atom. The van der Waals surface area contributed by atoms with Crippen molar-refractivity contribution in [1.29, 1.82) is 0 Å². The van der Waals surface area contributed by atoms with Crippen molar-refractivity contribution >= 4 is 27.7 Å². The van der Waals surface area contributed by atoms with Gasteiger partial charge in [-0.2, -0.15) is 4.31 Å². The largest absolute Gasteiger partial charge is 0.326 e. The Labute approximate surface area is 160 Å². The van der Waals surface area contributed by atoms with Gasteiger partial charge in [0.05, 0.1) is 0 Å². The third kappa shape index (κ3) is 5.28. The molecule has 1 amide bonds. The number of amides is 1. The van der Waals surface area contributed by atoms with Gasteiger partial charge in [-0.05, 0) is 49.1 Å². The highest BCUT2D eigenvalue weighted by atomic mass is 32.2. The van der Waals surface area contributed by atoms with Crippen LogP contribution in [-0.4, -0.2) is 31.7 Å². The molecule has 2 aromatic carbocycles. The Hall–Kier alpha value is -2.44. The van der Waals surface area contributed by atoms with Crippen molar-refractivity contribution < 1.29 is 13.2 Å². The summed E-state index contributed by atoms with van der Waals surface area (Å²) in [6.45, 7) is 2.68. The monoisotopic (exact) mass is 384 g/mol. The molecule has 0 spiro atoms. The number of carbonyl (C=O) groups excluding carboxylic acids is 1. The predicted octanol–water partition coefficient (Wildman–Crippen LogP) is 3.65. The van der Waals surface area contributed by atoms with E-state index < -0.39 is 10.0 Å². The first-order chi connectivity index (χ1) is 12.9. The molecule has 1 fully saturated rings. The van der Waals surface area contributed by atoms with Gasteiger partial charge >= 0.3 is 0 Å². The maximum Gasteiger partial charge on any atom is 0.236 e. The van der Waals surface area contributed by atoms with E-state index >= 15 is 0 Å². The van der Waals surface area contributed by atoms with Crippen molar-refractivity contribution in [3.63, 3.8) is 0 Å². The Balaban J connectivity index is 1.56. The molecule has 1 heterocycles. The quantitative estimate of drug-likeness (QED) is 0.856. The lowest BCUT2D eigenvalue weighted by Crippen LogP contribution is -2.40. The summed E-state index contributed by atoms with van der Waals surface area (Å²) in [4.78, 5) is 12.5. The number of aryl methyl sites for hydroxylation is 1. The van der Waals surface area contributed by atoms with Crippen LogP contribution < -0.4 is 5.32 Å². The van der Waals surface area contributed by atoms with E-state index in [4.69, 9.17) is 0 Å². The Kier molecular flexibility index (Phi) is 6.08. The Bertz CT molecular complexity index is 915. The first kappa shape index (κ1) is 19.3. The van der Waals surface area contributed by atoms with Gasteiger partial charge in [-0.15, -0.1) is 0 Å². The number of carbonyl (C=O) groups is 1. The second-order valence-corrected chi connectivity index (χ2v) is 8.61. The molecule has 1 N–H and O–H groups in total. The van der Waals surface area contributed by atoms with Crippen LogP contribution in [0, 0.1) is 12.8 Å². The lowest BCUT2D eigenvalue weighted by Gasteiger charge is -2.29. The lowest BCUT2D eigenvalue weighted by molar-refractivity contribution is -0.120. The molecule has 2 aromatic rings. The highest BCUT2D eigenvalue weighted by Gasteiger charge is 2.29. The van der Waals surface area contributed by atoms with Crippen molar-refractivity contribution in [2.75, 3.05) is 18.4 Å². The van der Waals surface area contributed by atoms with Crippen molar-refractivity contribution in [3.8, 4) is 0 Å². The minimum Gasteiger partial charge on any atom is -0.326 e. The second kappa shape index (κ2) is 8.50. The molecule has 0 atom stereocenters. The average molecular weight is 385 g/mol. The van der Waals surface area contributed by atoms with Crippen LogP contribution in [0.3, 0.4) is 0 Å². The molecule has 6 heteroatoms. The van der Waals surface area contributed by atoms with E-state index in [1.165, 1.54) is 9.71 Å². The minimum absolute atomic E-state index is 0.0440. The van der Waals surface area contributed by atoms with Gasteiger partial charge in [-0.1, -0.05) is 42.5 Å². The van der Waals surface area contributed by atoms with Gasteiger partial charge in [0.25, 0.3) is 0 Å². The number of rotatable bonds is 5. The molecular formula is C21H24N2O3S. The van der Waals surface area contributed by atoms with Crippen LogP contribution in [-0.2, 0) is 14.8 Å². The van der Waals surface area contributed by atoms with Gasteiger partial charge in [-0.25, -0.2) is 8.42 Å². The molecule has 5 nitrogen and oxygen atoms in total. The second-order valence-electron chi connectivity index (χ2n) is 6.79. The number of benzene rings is 2. The molecule has 1 saturated heterocycles. The van der Waals surface area contributed by atoms with Crippen molar-refractivity contribution in [1.82, 2.24) is 4.31 Å². The summed E-state index contributed by atoms with van der Waals surface area (Å²) in [5.41, 5.74) is 2.70. The zero-order valence-corrected chi connectivity index (χ0v) is 16.2. The first-order valence-corrected chi connectivity index (χ1v) is 10.6. The molecule has 27 heavy (non-hydrogen) atoms. The van der Waals surface area contributed by atoms with Crippen LogP contribution in [0.5, 0.6) is 0 Å². The summed E-state index contributed by atoms with van der Waals surface area (Å²) >= 11 is 0. The van der Waals surface area contributed by atoms with Gasteiger partial charge < -0.3 is 5.32 Å². The zero-order valence-electron chi connectivity index (χ0n) is 15.3. The van der Waals surface area contributed by atoms with E-state index in [9.17, 15) is 13.2 Å². The molecule has 0 radical (unpaired) electrons. The minimum atomic E-state index is -3.47. The van der Waals surface area contributed by atoms with Crippen LogP contribution in [0.15, 0.2) is 60.0 Å². The molecule has 142 valence electrons. The number of piperidine rings is 1. The molecule has 0 aliphatic carbocycles. The maximum absolute atomic E-state index is 12.5. The van der Waals surface area contributed by atoms with Gasteiger partial charge in [0.2, 0.25) is 15.9 Å². The van der Waals surface area contributed by atoms with Crippen LogP contribution in [0.1, 0.15) is 24.0 Å². The summed E-state index contributed by atoms with van der Waals surface area (Å²) in [6, 6.07) is 17.0. The molecular weight excluding hydrogens is 360 g/mol. The van der Waals surface area contributed by atoms with E-state index in [1.54, 1.807) is 6.08 Å². The van der Waals surface area contributed by atoms with E-state index in [2.05, 4.69) is 5.32 Å². The van der Waals surface area contributed by atoms with E-state index in [0.717, 1.165) is 16.8 Å². The van der Waals surface area contributed by atoms with Gasteiger partial charge in [-0.3, -0.25) is 4.79 Å². The molecule has 0 unspecified atom stereocenters. The zero-order chi connectivity index (χ0) is 19.3. The summed E-state index contributed by atoms with van der Waals surface area (Å²) in [5, 5.41) is 4.18. The van der Waals surface area contributed by atoms with E-state index in [-0.39, 0.29) is 11.8 Å².